The minimum absolute atomic E-state index is 0.191. The summed E-state index contributed by atoms with van der Waals surface area (Å²) in [6, 6.07) is 0. The van der Waals surface area contributed by atoms with E-state index in [0.29, 0.717) is 17.7 Å². The van der Waals surface area contributed by atoms with Crippen LogP contribution < -0.4 is 5.32 Å². The monoisotopic (exact) mass is 167 g/mol. The molecule has 64 valence electrons. The summed E-state index contributed by atoms with van der Waals surface area (Å²) < 4.78 is 0. The van der Waals surface area contributed by atoms with Crippen molar-refractivity contribution in [1.82, 2.24) is 5.32 Å². The van der Waals surface area contributed by atoms with Gasteiger partial charge in [0.25, 0.3) is 0 Å². The van der Waals surface area contributed by atoms with Gasteiger partial charge in [-0.15, -0.1) is 0 Å². The highest BCUT2D eigenvalue weighted by atomic mass is 16.4. The van der Waals surface area contributed by atoms with Crippen LogP contribution in [0.5, 0.6) is 0 Å². The van der Waals surface area contributed by atoms with Crippen LogP contribution in [0.3, 0.4) is 0 Å². The molecule has 0 unspecified atom stereocenters. The Balaban J connectivity index is 2.61. The van der Waals surface area contributed by atoms with Crippen LogP contribution in [0.2, 0.25) is 0 Å². The highest BCUT2D eigenvalue weighted by molar-refractivity contribution is 5.89. The molecule has 0 aromatic carbocycles. The van der Waals surface area contributed by atoms with Gasteiger partial charge in [-0.05, 0) is 12.5 Å². The molecule has 0 spiro atoms. The molecule has 0 aromatic rings. The third-order valence-electron chi connectivity index (χ3n) is 1.47. The van der Waals surface area contributed by atoms with E-state index in [1.54, 1.807) is 6.08 Å². The topological polar surface area (TPSA) is 66.4 Å². The number of hydrogen-bond donors (Lipinski definition) is 2. The molecule has 1 aliphatic carbocycles. The van der Waals surface area contributed by atoms with Gasteiger partial charge in [0, 0.05) is 18.2 Å². The normalized spacial score (nSPS) is 15.1. The number of carbonyl (C=O) groups is 2. The molecule has 1 amide bonds. The van der Waals surface area contributed by atoms with Gasteiger partial charge in [-0.3, -0.25) is 4.79 Å². The molecule has 12 heavy (non-hydrogen) atoms. The number of carboxylic acid groups (broad SMARTS) is 1. The average Bonchev–Trinajstić information content (AvgIpc) is 2.34. The van der Waals surface area contributed by atoms with Crippen molar-refractivity contribution in [2.75, 3.05) is 0 Å². The molecule has 0 aliphatic heterocycles. The Hall–Kier alpha value is -1.58. The van der Waals surface area contributed by atoms with Crippen molar-refractivity contribution in [3.63, 3.8) is 0 Å². The SMILES string of the molecule is CC(=O)NC1=CCC(C(=O)O)=C1. The zero-order chi connectivity index (χ0) is 9.14. The Morgan fingerprint density at radius 2 is 2.25 bits per heavy atom. The Morgan fingerprint density at radius 3 is 2.67 bits per heavy atom. The van der Waals surface area contributed by atoms with Crippen molar-refractivity contribution in [2.24, 2.45) is 0 Å². The van der Waals surface area contributed by atoms with Gasteiger partial charge < -0.3 is 10.4 Å². The summed E-state index contributed by atoms with van der Waals surface area (Å²) in [5.41, 5.74) is 0.874. The van der Waals surface area contributed by atoms with Crippen LogP contribution in [-0.4, -0.2) is 17.0 Å². The van der Waals surface area contributed by atoms with Crippen LogP contribution in [0.1, 0.15) is 13.3 Å². The fraction of sp³-hybridized carbons (Fsp3) is 0.250. The van der Waals surface area contributed by atoms with Crippen molar-refractivity contribution in [3.8, 4) is 0 Å². The van der Waals surface area contributed by atoms with Crippen LogP contribution in [0.15, 0.2) is 23.4 Å². The molecule has 0 saturated heterocycles. The van der Waals surface area contributed by atoms with Gasteiger partial charge in [0.15, 0.2) is 0 Å². The summed E-state index contributed by atoms with van der Waals surface area (Å²) in [4.78, 5) is 21.0. The van der Waals surface area contributed by atoms with Gasteiger partial charge in [0.2, 0.25) is 5.91 Å². The largest absolute Gasteiger partial charge is 0.478 e. The highest BCUT2D eigenvalue weighted by Gasteiger charge is 2.12. The minimum Gasteiger partial charge on any atom is -0.478 e. The number of nitrogens with one attached hydrogen (secondary N) is 1. The summed E-state index contributed by atoms with van der Waals surface area (Å²) >= 11 is 0. The molecular formula is C8H9NO3. The van der Waals surface area contributed by atoms with Crippen LogP contribution in [0.25, 0.3) is 0 Å². The zero-order valence-corrected chi connectivity index (χ0v) is 6.63. The maximum Gasteiger partial charge on any atom is 0.331 e. The fourth-order valence-corrected chi connectivity index (χ4v) is 0.965. The molecule has 0 fully saturated rings. The lowest BCUT2D eigenvalue weighted by molar-refractivity contribution is -0.132. The molecule has 0 heterocycles. The van der Waals surface area contributed by atoms with E-state index in [2.05, 4.69) is 5.32 Å². The Labute approximate surface area is 69.6 Å². The van der Waals surface area contributed by atoms with E-state index in [1.165, 1.54) is 13.0 Å². The van der Waals surface area contributed by atoms with Crippen LogP contribution in [0, 0.1) is 0 Å². The summed E-state index contributed by atoms with van der Waals surface area (Å²) in [5.74, 6) is -1.13. The Bertz CT molecular complexity index is 289. The second kappa shape index (κ2) is 3.21. The van der Waals surface area contributed by atoms with Crippen LogP contribution in [-0.2, 0) is 9.59 Å². The lowest BCUT2D eigenvalue weighted by Crippen LogP contribution is -2.16. The van der Waals surface area contributed by atoms with Crippen molar-refractivity contribution in [1.29, 1.82) is 0 Å². The molecule has 1 rings (SSSR count). The molecule has 0 atom stereocenters. The van der Waals surface area contributed by atoms with E-state index in [9.17, 15) is 9.59 Å². The fourth-order valence-electron chi connectivity index (χ4n) is 0.965. The maximum atomic E-state index is 10.5. The van der Waals surface area contributed by atoms with Gasteiger partial charge in [0.1, 0.15) is 0 Å². The van der Waals surface area contributed by atoms with Crippen molar-refractivity contribution < 1.29 is 14.7 Å². The number of aliphatic carboxylic acids is 1. The van der Waals surface area contributed by atoms with Gasteiger partial charge in [-0.2, -0.15) is 0 Å². The molecule has 0 radical (unpaired) electrons. The zero-order valence-electron chi connectivity index (χ0n) is 6.63. The number of carbonyl (C=O) groups excluding carboxylic acids is 1. The molecule has 0 bridgehead atoms. The molecular weight excluding hydrogens is 158 g/mol. The summed E-state index contributed by atoms with van der Waals surface area (Å²) in [6.07, 6.45) is 3.51. The Kier molecular flexibility index (Phi) is 2.28. The third-order valence-corrected chi connectivity index (χ3v) is 1.47. The number of amides is 1. The minimum atomic E-state index is -0.938. The lowest BCUT2D eigenvalue weighted by atomic mass is 10.2. The van der Waals surface area contributed by atoms with E-state index < -0.39 is 5.97 Å². The van der Waals surface area contributed by atoms with E-state index in [-0.39, 0.29) is 5.91 Å². The summed E-state index contributed by atoms with van der Waals surface area (Å²) in [5, 5.41) is 11.1. The van der Waals surface area contributed by atoms with Crippen molar-refractivity contribution in [3.05, 3.63) is 23.4 Å². The quantitative estimate of drug-likeness (QED) is 0.626. The Morgan fingerprint density at radius 1 is 1.58 bits per heavy atom. The lowest BCUT2D eigenvalue weighted by Gasteiger charge is -1.96. The van der Waals surface area contributed by atoms with E-state index in [0.717, 1.165) is 0 Å². The first kappa shape index (κ1) is 8.52. The number of rotatable bonds is 2. The molecule has 1 aliphatic rings. The summed E-state index contributed by atoms with van der Waals surface area (Å²) in [6.45, 7) is 1.38. The molecule has 0 saturated carbocycles. The second-order valence-corrected chi connectivity index (χ2v) is 2.52. The first-order valence-corrected chi connectivity index (χ1v) is 3.51. The first-order valence-electron chi connectivity index (χ1n) is 3.51. The summed E-state index contributed by atoms with van der Waals surface area (Å²) in [7, 11) is 0. The second-order valence-electron chi connectivity index (χ2n) is 2.52. The van der Waals surface area contributed by atoms with E-state index in [4.69, 9.17) is 5.11 Å². The first-order chi connectivity index (χ1) is 5.59. The molecule has 2 N–H and O–H groups in total. The van der Waals surface area contributed by atoms with Crippen molar-refractivity contribution in [2.45, 2.75) is 13.3 Å². The predicted octanol–water partition coefficient (Wildman–Crippen LogP) is 0.421. The number of hydrogen-bond acceptors (Lipinski definition) is 2. The smallest absolute Gasteiger partial charge is 0.331 e. The van der Waals surface area contributed by atoms with Gasteiger partial charge in [-0.25, -0.2) is 4.79 Å². The maximum absolute atomic E-state index is 10.5. The van der Waals surface area contributed by atoms with Gasteiger partial charge in [-0.1, -0.05) is 6.08 Å². The average molecular weight is 167 g/mol. The van der Waals surface area contributed by atoms with Crippen molar-refractivity contribution >= 4 is 11.9 Å². The van der Waals surface area contributed by atoms with E-state index >= 15 is 0 Å². The van der Waals surface area contributed by atoms with Gasteiger partial charge >= 0.3 is 5.97 Å². The molecule has 0 aromatic heterocycles. The van der Waals surface area contributed by atoms with E-state index in [1.807, 2.05) is 0 Å². The van der Waals surface area contributed by atoms with Crippen LogP contribution >= 0.6 is 0 Å². The van der Waals surface area contributed by atoms with Gasteiger partial charge in [0.05, 0.1) is 0 Å². The third kappa shape index (κ3) is 1.95. The molecule has 4 heteroatoms. The number of carboxylic acids is 1. The standard InChI is InChI=1S/C8H9NO3/c1-5(10)9-7-3-2-6(4-7)8(11)12/h3-4H,2H2,1H3,(H,9,10)(H,11,12). The molecule has 4 nitrogen and oxygen atoms in total. The highest BCUT2D eigenvalue weighted by Crippen LogP contribution is 2.15. The number of allylic oxidation sites excluding steroid dienone is 2. The van der Waals surface area contributed by atoms with Crippen LogP contribution in [0.4, 0.5) is 0 Å². The predicted molar refractivity (Wildman–Crippen MR) is 42.2 cm³/mol.